The van der Waals surface area contributed by atoms with Crippen molar-refractivity contribution in [2.75, 3.05) is 6.61 Å². The fraction of sp³-hybridized carbons (Fsp3) is 0.429. The van der Waals surface area contributed by atoms with Crippen LogP contribution in [0.2, 0.25) is 0 Å². The predicted octanol–water partition coefficient (Wildman–Crippen LogP) is 2.68. The van der Waals surface area contributed by atoms with Gasteiger partial charge < -0.3 is 4.74 Å². The molecular weight excluding hydrogens is 136 g/mol. The predicted molar refractivity (Wildman–Crippen MR) is 40.4 cm³/mol. The zero-order valence-electron chi connectivity index (χ0n) is 5.73. The van der Waals surface area contributed by atoms with E-state index in [9.17, 15) is 0 Å². The Balaban J connectivity index is 3.20. The first-order chi connectivity index (χ1) is 4.27. The van der Waals surface area contributed by atoms with E-state index in [4.69, 9.17) is 16.3 Å². The zero-order chi connectivity index (χ0) is 7.11. The van der Waals surface area contributed by atoms with Crippen LogP contribution in [0.1, 0.15) is 13.8 Å². The molecule has 0 aromatic carbocycles. The molecule has 0 N–H and O–H groups in total. The number of ether oxygens (including phenoxy) is 1. The Kier molecular flexibility index (Phi) is 5.43. The van der Waals surface area contributed by atoms with Crippen LogP contribution in [0, 0.1) is 0 Å². The second kappa shape index (κ2) is 5.70. The highest BCUT2D eigenvalue weighted by Crippen LogP contribution is 1.97. The smallest absolute Gasteiger partial charge is 0.106 e. The van der Waals surface area contributed by atoms with E-state index in [1.165, 1.54) is 6.26 Å². The summed E-state index contributed by atoms with van der Waals surface area (Å²) >= 11 is 5.47. The molecule has 0 radical (unpaired) electrons. The molecule has 0 rings (SSSR count). The van der Waals surface area contributed by atoms with Crippen LogP contribution in [0.5, 0.6) is 0 Å². The third kappa shape index (κ3) is 7.57. The molecule has 52 valence electrons. The van der Waals surface area contributed by atoms with Gasteiger partial charge in [0.15, 0.2) is 0 Å². The van der Waals surface area contributed by atoms with Gasteiger partial charge in [-0.3, -0.25) is 0 Å². The van der Waals surface area contributed by atoms with Crippen LogP contribution in [0.25, 0.3) is 0 Å². The lowest BCUT2D eigenvalue weighted by atomic mass is 10.6. The minimum Gasteiger partial charge on any atom is -0.496 e. The van der Waals surface area contributed by atoms with Crippen LogP contribution >= 0.6 is 11.6 Å². The SMILES string of the molecule is C/C=C\CO/C=C(/C)Cl. The van der Waals surface area contributed by atoms with Crippen molar-refractivity contribution in [3.05, 3.63) is 23.4 Å². The van der Waals surface area contributed by atoms with E-state index in [0.717, 1.165) is 0 Å². The first kappa shape index (κ1) is 8.57. The van der Waals surface area contributed by atoms with E-state index in [0.29, 0.717) is 11.6 Å². The molecule has 0 heterocycles. The molecule has 0 aliphatic heterocycles. The molecule has 0 amide bonds. The van der Waals surface area contributed by atoms with E-state index in [2.05, 4.69) is 0 Å². The molecule has 0 aromatic rings. The van der Waals surface area contributed by atoms with Gasteiger partial charge in [-0.05, 0) is 13.8 Å². The molecule has 0 saturated heterocycles. The van der Waals surface area contributed by atoms with Gasteiger partial charge in [-0.15, -0.1) is 0 Å². The van der Waals surface area contributed by atoms with Crippen molar-refractivity contribution in [3.8, 4) is 0 Å². The third-order valence-electron chi connectivity index (χ3n) is 0.674. The van der Waals surface area contributed by atoms with Crippen LogP contribution < -0.4 is 0 Å². The summed E-state index contributed by atoms with van der Waals surface area (Å²) in [6.45, 7) is 4.32. The summed E-state index contributed by atoms with van der Waals surface area (Å²) in [7, 11) is 0. The van der Waals surface area contributed by atoms with Crippen molar-refractivity contribution in [1.29, 1.82) is 0 Å². The minimum atomic E-state index is 0.598. The summed E-state index contributed by atoms with van der Waals surface area (Å²) in [4.78, 5) is 0. The van der Waals surface area contributed by atoms with Crippen molar-refractivity contribution in [3.63, 3.8) is 0 Å². The van der Waals surface area contributed by atoms with E-state index < -0.39 is 0 Å². The van der Waals surface area contributed by atoms with E-state index >= 15 is 0 Å². The van der Waals surface area contributed by atoms with E-state index in [-0.39, 0.29) is 0 Å². The van der Waals surface area contributed by atoms with Gasteiger partial charge in [-0.2, -0.15) is 0 Å². The maximum Gasteiger partial charge on any atom is 0.106 e. The van der Waals surface area contributed by atoms with E-state index in [1.54, 1.807) is 6.92 Å². The summed E-state index contributed by atoms with van der Waals surface area (Å²) in [5, 5.41) is 0.666. The first-order valence-corrected chi connectivity index (χ1v) is 3.20. The highest BCUT2D eigenvalue weighted by Gasteiger charge is 1.76. The van der Waals surface area contributed by atoms with Gasteiger partial charge in [0.25, 0.3) is 0 Å². The van der Waals surface area contributed by atoms with Crippen molar-refractivity contribution in [2.45, 2.75) is 13.8 Å². The third-order valence-corrected chi connectivity index (χ3v) is 0.763. The molecule has 0 bridgehead atoms. The van der Waals surface area contributed by atoms with Crippen LogP contribution in [0.15, 0.2) is 23.4 Å². The summed E-state index contributed by atoms with van der Waals surface area (Å²) in [6, 6.07) is 0. The molecule has 2 heteroatoms. The number of hydrogen-bond acceptors (Lipinski definition) is 1. The Labute approximate surface area is 61.0 Å². The standard InChI is InChI=1S/C7H11ClO/c1-3-4-5-9-6-7(2)8/h3-4,6H,5H2,1-2H3/b4-3-,7-6-. The molecule has 0 aliphatic rings. The van der Waals surface area contributed by atoms with Crippen molar-refractivity contribution < 1.29 is 4.74 Å². The van der Waals surface area contributed by atoms with Gasteiger partial charge in [0.1, 0.15) is 6.61 Å². The van der Waals surface area contributed by atoms with Crippen molar-refractivity contribution >= 4 is 11.6 Å². The quantitative estimate of drug-likeness (QED) is 0.338. The molecule has 0 aromatic heterocycles. The second-order valence-corrected chi connectivity index (χ2v) is 2.20. The average Bonchev–Trinajstić information content (AvgIpc) is 1.80. The lowest BCUT2D eigenvalue weighted by Crippen LogP contribution is -1.79. The number of allylic oxidation sites excluding steroid dienone is 2. The lowest BCUT2D eigenvalue weighted by molar-refractivity contribution is 0.288. The first-order valence-electron chi connectivity index (χ1n) is 2.82. The fourth-order valence-corrected chi connectivity index (χ4v) is 0.378. The summed E-state index contributed by atoms with van der Waals surface area (Å²) in [6.07, 6.45) is 5.37. The summed E-state index contributed by atoms with van der Waals surface area (Å²) in [5.41, 5.74) is 0. The Morgan fingerprint density at radius 3 is 2.78 bits per heavy atom. The topological polar surface area (TPSA) is 9.23 Å². The molecule has 0 aliphatic carbocycles. The van der Waals surface area contributed by atoms with Crippen LogP contribution in [0.3, 0.4) is 0 Å². The average molecular weight is 147 g/mol. The number of rotatable bonds is 3. The van der Waals surface area contributed by atoms with Crippen LogP contribution in [-0.4, -0.2) is 6.61 Å². The highest BCUT2D eigenvalue weighted by molar-refractivity contribution is 6.29. The van der Waals surface area contributed by atoms with Gasteiger partial charge in [-0.1, -0.05) is 23.8 Å². The largest absolute Gasteiger partial charge is 0.496 e. The lowest BCUT2D eigenvalue weighted by Gasteiger charge is -1.92. The highest BCUT2D eigenvalue weighted by atomic mass is 35.5. The number of halogens is 1. The Bertz CT molecular complexity index is 112. The minimum absolute atomic E-state index is 0.598. The van der Waals surface area contributed by atoms with Gasteiger partial charge in [0.05, 0.1) is 6.26 Å². The second-order valence-electron chi connectivity index (χ2n) is 1.61. The van der Waals surface area contributed by atoms with Gasteiger partial charge in [0.2, 0.25) is 0 Å². The maximum atomic E-state index is 5.47. The van der Waals surface area contributed by atoms with Crippen LogP contribution in [0.4, 0.5) is 0 Å². The van der Waals surface area contributed by atoms with E-state index in [1.807, 2.05) is 19.1 Å². The zero-order valence-corrected chi connectivity index (χ0v) is 6.48. The van der Waals surface area contributed by atoms with Crippen molar-refractivity contribution in [1.82, 2.24) is 0 Å². The molecular formula is C7H11ClO. The summed E-state index contributed by atoms with van der Waals surface area (Å²) in [5.74, 6) is 0. The Morgan fingerprint density at radius 2 is 2.33 bits per heavy atom. The molecule has 0 spiro atoms. The molecule has 9 heavy (non-hydrogen) atoms. The molecule has 0 atom stereocenters. The molecule has 0 saturated carbocycles. The fourth-order valence-electron chi connectivity index (χ4n) is 0.315. The number of hydrogen-bond donors (Lipinski definition) is 0. The van der Waals surface area contributed by atoms with Gasteiger partial charge in [-0.25, -0.2) is 0 Å². The van der Waals surface area contributed by atoms with Gasteiger partial charge in [0, 0.05) is 5.03 Å². The Hall–Kier alpha value is -0.430. The molecule has 0 fully saturated rings. The monoisotopic (exact) mass is 146 g/mol. The Morgan fingerprint density at radius 1 is 1.67 bits per heavy atom. The van der Waals surface area contributed by atoms with Crippen molar-refractivity contribution in [2.24, 2.45) is 0 Å². The molecule has 0 unspecified atom stereocenters. The summed E-state index contributed by atoms with van der Waals surface area (Å²) < 4.78 is 4.95. The normalized spacial score (nSPS) is 12.6. The van der Waals surface area contributed by atoms with Crippen LogP contribution in [-0.2, 0) is 4.74 Å². The van der Waals surface area contributed by atoms with Gasteiger partial charge >= 0.3 is 0 Å². The molecule has 1 nitrogen and oxygen atoms in total. The maximum absolute atomic E-state index is 5.47.